The van der Waals surface area contributed by atoms with Crippen LogP contribution in [0.5, 0.6) is 0 Å². The zero-order valence-electron chi connectivity index (χ0n) is 14.0. The maximum absolute atomic E-state index is 5.39. The van der Waals surface area contributed by atoms with Crippen LogP contribution in [0.3, 0.4) is 0 Å². The van der Waals surface area contributed by atoms with E-state index >= 15 is 0 Å². The van der Waals surface area contributed by atoms with E-state index in [1.54, 1.807) is 0 Å². The van der Waals surface area contributed by atoms with Crippen molar-refractivity contribution in [2.45, 2.75) is 39.2 Å². The molecule has 0 amide bonds. The number of fused-ring (bicyclic) bond motifs is 1. The van der Waals surface area contributed by atoms with Crippen LogP contribution in [-0.4, -0.2) is 47.5 Å². The Hall–Kier alpha value is -1.39. The van der Waals surface area contributed by atoms with Crippen molar-refractivity contribution in [1.29, 1.82) is 0 Å². The number of rotatable bonds is 4. The van der Waals surface area contributed by atoms with Crippen LogP contribution < -0.4 is 0 Å². The summed E-state index contributed by atoms with van der Waals surface area (Å²) in [5.74, 6) is 0. The number of aryl methyl sites for hydroxylation is 1. The van der Waals surface area contributed by atoms with Gasteiger partial charge in [0.2, 0.25) is 0 Å². The number of aromatic nitrogens is 2. The lowest BCUT2D eigenvalue weighted by molar-refractivity contribution is 0.0368. The van der Waals surface area contributed by atoms with Crippen LogP contribution in [0.1, 0.15) is 32.8 Å². The smallest absolute Gasteiger partial charge is 0.0682 e. The lowest BCUT2D eigenvalue weighted by atomic mass is 9.86. The molecule has 4 nitrogen and oxygen atoms in total. The van der Waals surface area contributed by atoms with E-state index in [4.69, 9.17) is 4.74 Å². The Morgan fingerprint density at radius 3 is 2.64 bits per heavy atom. The average Bonchev–Trinajstić information content (AvgIpc) is 2.90. The van der Waals surface area contributed by atoms with Crippen LogP contribution in [0.15, 0.2) is 24.4 Å². The van der Waals surface area contributed by atoms with Gasteiger partial charge in [0.15, 0.2) is 0 Å². The van der Waals surface area contributed by atoms with Gasteiger partial charge in [-0.1, -0.05) is 26.8 Å². The van der Waals surface area contributed by atoms with E-state index in [9.17, 15) is 0 Å². The highest BCUT2D eigenvalue weighted by atomic mass is 16.5. The molecule has 1 aliphatic rings. The molecule has 0 unspecified atom stereocenters. The fraction of sp³-hybridized carbons (Fsp3) is 0.611. The fourth-order valence-corrected chi connectivity index (χ4v) is 3.00. The van der Waals surface area contributed by atoms with E-state index in [2.05, 4.69) is 53.7 Å². The van der Waals surface area contributed by atoms with Crippen molar-refractivity contribution in [1.82, 2.24) is 14.7 Å². The Morgan fingerprint density at radius 2 is 1.91 bits per heavy atom. The third-order valence-corrected chi connectivity index (χ3v) is 4.46. The largest absolute Gasteiger partial charge is 0.379 e. The molecular weight excluding hydrogens is 274 g/mol. The maximum atomic E-state index is 5.39. The van der Waals surface area contributed by atoms with Crippen LogP contribution in [-0.2, 0) is 16.7 Å². The van der Waals surface area contributed by atoms with Gasteiger partial charge < -0.3 is 4.74 Å². The highest BCUT2D eigenvalue weighted by Crippen LogP contribution is 2.26. The maximum Gasteiger partial charge on any atom is 0.0682 e. The minimum absolute atomic E-state index is 0.187. The average molecular weight is 301 g/mol. The first-order valence-electron chi connectivity index (χ1n) is 8.30. The molecule has 1 aromatic carbocycles. The van der Waals surface area contributed by atoms with Crippen LogP contribution in [0, 0.1) is 0 Å². The summed E-state index contributed by atoms with van der Waals surface area (Å²) in [4.78, 5) is 2.48. The van der Waals surface area contributed by atoms with Gasteiger partial charge in [0, 0.05) is 31.6 Å². The molecule has 0 atom stereocenters. The van der Waals surface area contributed by atoms with Crippen molar-refractivity contribution >= 4 is 10.9 Å². The van der Waals surface area contributed by atoms with Crippen molar-refractivity contribution in [3.05, 3.63) is 30.0 Å². The van der Waals surface area contributed by atoms with Crippen molar-refractivity contribution < 1.29 is 4.74 Å². The second-order valence-electron chi connectivity index (χ2n) is 7.20. The first-order valence-corrected chi connectivity index (χ1v) is 8.30. The Balaban J connectivity index is 1.64. The molecule has 0 radical (unpaired) electrons. The van der Waals surface area contributed by atoms with Gasteiger partial charge in [-0.3, -0.25) is 9.58 Å². The predicted molar refractivity (Wildman–Crippen MR) is 90.3 cm³/mol. The normalized spacial score (nSPS) is 17.2. The van der Waals surface area contributed by atoms with Crippen molar-refractivity contribution in [2.24, 2.45) is 0 Å². The van der Waals surface area contributed by atoms with Crippen molar-refractivity contribution in [3.8, 4) is 0 Å². The molecule has 2 heterocycles. The quantitative estimate of drug-likeness (QED) is 0.869. The van der Waals surface area contributed by atoms with Gasteiger partial charge in [0.1, 0.15) is 0 Å². The molecule has 22 heavy (non-hydrogen) atoms. The minimum atomic E-state index is 0.187. The summed E-state index contributed by atoms with van der Waals surface area (Å²) in [5.41, 5.74) is 2.80. The number of hydrogen-bond donors (Lipinski definition) is 0. The number of nitrogens with zero attached hydrogens (tertiary/aromatic N) is 3. The van der Waals surface area contributed by atoms with E-state index < -0.39 is 0 Å². The van der Waals surface area contributed by atoms with E-state index in [0.29, 0.717) is 0 Å². The van der Waals surface area contributed by atoms with Gasteiger partial charge in [0.25, 0.3) is 0 Å². The Labute approximate surface area is 133 Å². The second-order valence-corrected chi connectivity index (χ2v) is 7.20. The molecular formula is C18H27N3O. The van der Waals surface area contributed by atoms with Crippen molar-refractivity contribution in [2.75, 3.05) is 32.8 Å². The van der Waals surface area contributed by atoms with Crippen LogP contribution in [0.25, 0.3) is 10.9 Å². The van der Waals surface area contributed by atoms with Gasteiger partial charge >= 0.3 is 0 Å². The minimum Gasteiger partial charge on any atom is -0.379 e. The van der Waals surface area contributed by atoms with Crippen LogP contribution >= 0.6 is 0 Å². The number of morpholine rings is 1. The molecule has 0 spiro atoms. The van der Waals surface area contributed by atoms with Gasteiger partial charge in [-0.2, -0.15) is 5.10 Å². The van der Waals surface area contributed by atoms with Gasteiger partial charge in [-0.05, 0) is 29.5 Å². The Morgan fingerprint density at radius 1 is 1.14 bits per heavy atom. The molecule has 1 aliphatic heterocycles. The van der Waals surface area contributed by atoms with E-state index in [1.807, 2.05) is 6.20 Å². The predicted octanol–water partition coefficient (Wildman–Crippen LogP) is 3.06. The number of benzene rings is 1. The summed E-state index contributed by atoms with van der Waals surface area (Å²) in [6, 6.07) is 6.74. The van der Waals surface area contributed by atoms with Crippen LogP contribution in [0.2, 0.25) is 0 Å². The summed E-state index contributed by atoms with van der Waals surface area (Å²) in [5, 5.41) is 5.82. The Bertz CT molecular complexity index is 621. The fourth-order valence-electron chi connectivity index (χ4n) is 3.00. The Kier molecular flexibility index (Phi) is 4.50. The summed E-state index contributed by atoms with van der Waals surface area (Å²) in [6.45, 7) is 12.7. The molecule has 1 saturated heterocycles. The molecule has 0 bridgehead atoms. The number of ether oxygens (including phenoxy) is 1. The highest BCUT2D eigenvalue weighted by molar-refractivity contribution is 5.79. The standard InChI is InChI=1S/C18H27N3O/c1-18(2,3)16-5-6-17-15(13-16)14-19-21(17)8-4-7-20-9-11-22-12-10-20/h5-6,13-14H,4,7-12H2,1-3H3. The van der Waals surface area contributed by atoms with E-state index in [1.165, 1.54) is 16.5 Å². The number of hydrogen-bond acceptors (Lipinski definition) is 3. The molecule has 3 rings (SSSR count). The second kappa shape index (κ2) is 6.39. The highest BCUT2D eigenvalue weighted by Gasteiger charge is 2.15. The van der Waals surface area contributed by atoms with E-state index in [0.717, 1.165) is 45.8 Å². The lowest BCUT2D eigenvalue weighted by Crippen LogP contribution is -2.37. The van der Waals surface area contributed by atoms with E-state index in [-0.39, 0.29) is 5.41 Å². The van der Waals surface area contributed by atoms with Crippen molar-refractivity contribution in [3.63, 3.8) is 0 Å². The summed E-state index contributed by atoms with van der Waals surface area (Å²) < 4.78 is 7.53. The van der Waals surface area contributed by atoms with Gasteiger partial charge in [-0.25, -0.2) is 0 Å². The monoisotopic (exact) mass is 301 g/mol. The first-order chi connectivity index (χ1) is 10.5. The van der Waals surface area contributed by atoms with Gasteiger partial charge in [0.05, 0.1) is 24.9 Å². The first kappa shape index (κ1) is 15.5. The molecule has 4 heteroatoms. The molecule has 0 aliphatic carbocycles. The molecule has 120 valence electrons. The summed E-state index contributed by atoms with van der Waals surface area (Å²) in [6.07, 6.45) is 3.14. The molecule has 0 saturated carbocycles. The third kappa shape index (κ3) is 3.50. The third-order valence-electron chi connectivity index (χ3n) is 4.46. The lowest BCUT2D eigenvalue weighted by Gasteiger charge is -2.26. The molecule has 0 N–H and O–H groups in total. The molecule has 2 aromatic rings. The SMILES string of the molecule is CC(C)(C)c1ccc2c(cnn2CCCN2CCOCC2)c1. The molecule has 1 fully saturated rings. The van der Waals surface area contributed by atoms with Gasteiger partial charge in [-0.15, -0.1) is 0 Å². The molecule has 1 aromatic heterocycles. The zero-order chi connectivity index (χ0) is 15.6. The summed E-state index contributed by atoms with van der Waals surface area (Å²) >= 11 is 0. The topological polar surface area (TPSA) is 30.3 Å². The van der Waals surface area contributed by atoms with Crippen LogP contribution in [0.4, 0.5) is 0 Å². The zero-order valence-corrected chi connectivity index (χ0v) is 14.0. The summed E-state index contributed by atoms with van der Waals surface area (Å²) in [7, 11) is 0.